The summed E-state index contributed by atoms with van der Waals surface area (Å²) in [4.78, 5) is 0. The molecule has 4 heteroatoms. The van der Waals surface area contributed by atoms with E-state index < -0.39 is 0 Å². The average molecular weight is 399 g/mol. The molecule has 106 valence electrons. The van der Waals surface area contributed by atoms with Gasteiger partial charge in [0.1, 0.15) is 5.75 Å². The third-order valence-electron chi connectivity index (χ3n) is 3.09. The Hall–Kier alpha value is -0.840. The summed E-state index contributed by atoms with van der Waals surface area (Å²) in [6.45, 7) is 2.66. The third kappa shape index (κ3) is 3.43. The zero-order valence-corrected chi connectivity index (χ0v) is 14.7. The zero-order chi connectivity index (χ0) is 14.5. The maximum Gasteiger partial charge on any atom is 0.124 e. The molecule has 2 nitrogen and oxygen atoms in total. The molecule has 1 N–H and O–H groups in total. The topological polar surface area (TPSA) is 21.3 Å². The molecule has 0 bridgehead atoms. The van der Waals surface area contributed by atoms with Crippen LogP contribution in [0.5, 0.6) is 5.75 Å². The number of rotatable bonds is 5. The summed E-state index contributed by atoms with van der Waals surface area (Å²) in [6.07, 6.45) is 0. The van der Waals surface area contributed by atoms with Gasteiger partial charge in [-0.2, -0.15) is 0 Å². The first-order valence-corrected chi connectivity index (χ1v) is 8.10. The van der Waals surface area contributed by atoms with E-state index in [1.165, 1.54) is 5.56 Å². The van der Waals surface area contributed by atoms with Crippen LogP contribution >= 0.6 is 31.9 Å². The zero-order valence-electron chi connectivity index (χ0n) is 11.5. The number of para-hydroxylation sites is 1. The number of halogens is 2. The van der Waals surface area contributed by atoms with Gasteiger partial charge in [-0.1, -0.05) is 50.1 Å². The Morgan fingerprint density at radius 3 is 2.55 bits per heavy atom. The number of ether oxygens (including phenoxy) is 1. The summed E-state index contributed by atoms with van der Waals surface area (Å²) in [7, 11) is 1.96. The van der Waals surface area contributed by atoms with Crippen molar-refractivity contribution >= 4 is 31.9 Å². The Bertz CT molecular complexity index is 586. The van der Waals surface area contributed by atoms with Crippen molar-refractivity contribution in [3.05, 3.63) is 62.5 Å². The van der Waals surface area contributed by atoms with Crippen LogP contribution in [0.3, 0.4) is 0 Å². The van der Waals surface area contributed by atoms with Gasteiger partial charge in [0, 0.05) is 14.5 Å². The maximum absolute atomic E-state index is 5.74. The molecule has 2 aromatic rings. The van der Waals surface area contributed by atoms with E-state index in [0.29, 0.717) is 6.61 Å². The number of benzene rings is 2. The standard InChI is InChI=1S/C16H17Br2NO/c1-3-20-15-7-5-4-6-12(15)16(19-2)13-10-11(17)8-9-14(13)18/h4-10,16,19H,3H2,1-2H3. The molecular weight excluding hydrogens is 382 g/mol. The molecule has 0 radical (unpaired) electrons. The molecule has 20 heavy (non-hydrogen) atoms. The highest BCUT2D eigenvalue weighted by atomic mass is 79.9. The summed E-state index contributed by atoms with van der Waals surface area (Å²) < 4.78 is 7.88. The summed E-state index contributed by atoms with van der Waals surface area (Å²) in [5.74, 6) is 0.918. The minimum atomic E-state index is 0.0737. The van der Waals surface area contributed by atoms with Gasteiger partial charge in [-0.05, 0) is 43.8 Å². The highest BCUT2D eigenvalue weighted by Crippen LogP contribution is 2.34. The van der Waals surface area contributed by atoms with Crippen LogP contribution in [0.2, 0.25) is 0 Å². The molecule has 0 aromatic heterocycles. The second-order valence-corrected chi connectivity index (χ2v) is 6.13. The van der Waals surface area contributed by atoms with Gasteiger partial charge in [-0.25, -0.2) is 0 Å². The van der Waals surface area contributed by atoms with Crippen LogP contribution in [0.15, 0.2) is 51.4 Å². The molecule has 0 fully saturated rings. The van der Waals surface area contributed by atoms with Gasteiger partial charge in [0.25, 0.3) is 0 Å². The van der Waals surface area contributed by atoms with Crippen LogP contribution in [0, 0.1) is 0 Å². The van der Waals surface area contributed by atoms with Crippen molar-refractivity contribution in [3.8, 4) is 5.75 Å². The normalized spacial score (nSPS) is 12.2. The minimum Gasteiger partial charge on any atom is -0.494 e. The van der Waals surface area contributed by atoms with Gasteiger partial charge < -0.3 is 10.1 Å². The lowest BCUT2D eigenvalue weighted by molar-refractivity contribution is 0.334. The van der Waals surface area contributed by atoms with Crippen molar-refractivity contribution < 1.29 is 4.74 Å². The summed E-state index contributed by atoms with van der Waals surface area (Å²) in [6, 6.07) is 14.4. The number of hydrogen-bond acceptors (Lipinski definition) is 2. The van der Waals surface area contributed by atoms with Gasteiger partial charge in [0.15, 0.2) is 0 Å². The number of nitrogens with one attached hydrogen (secondary N) is 1. The Balaban J connectivity index is 2.49. The molecule has 0 saturated heterocycles. The Kier molecular flexibility index (Phi) is 5.64. The van der Waals surface area contributed by atoms with Gasteiger partial charge in [-0.3, -0.25) is 0 Å². The molecule has 2 rings (SSSR count). The molecule has 0 amide bonds. The second kappa shape index (κ2) is 7.25. The van der Waals surface area contributed by atoms with Crippen LogP contribution in [0.25, 0.3) is 0 Å². The lowest BCUT2D eigenvalue weighted by Gasteiger charge is -2.21. The van der Waals surface area contributed by atoms with Crippen molar-refractivity contribution in [2.75, 3.05) is 13.7 Å². The fourth-order valence-corrected chi connectivity index (χ4v) is 3.07. The SMILES string of the molecule is CCOc1ccccc1C(NC)c1cc(Br)ccc1Br. The van der Waals surface area contributed by atoms with Crippen molar-refractivity contribution in [2.24, 2.45) is 0 Å². The Labute approximate surface area is 136 Å². The molecule has 1 unspecified atom stereocenters. The lowest BCUT2D eigenvalue weighted by Crippen LogP contribution is -2.19. The van der Waals surface area contributed by atoms with Crippen LogP contribution in [0.1, 0.15) is 24.1 Å². The van der Waals surface area contributed by atoms with E-state index in [4.69, 9.17) is 4.74 Å². The van der Waals surface area contributed by atoms with Crippen molar-refractivity contribution in [1.82, 2.24) is 5.32 Å². The molecule has 1 atom stereocenters. The first kappa shape index (κ1) is 15.5. The van der Waals surface area contributed by atoms with Crippen LogP contribution in [-0.4, -0.2) is 13.7 Å². The molecule has 0 aliphatic rings. The van der Waals surface area contributed by atoms with Crippen molar-refractivity contribution in [2.45, 2.75) is 13.0 Å². The van der Waals surface area contributed by atoms with Crippen molar-refractivity contribution in [3.63, 3.8) is 0 Å². The fraction of sp³-hybridized carbons (Fsp3) is 0.250. The molecule has 0 spiro atoms. The predicted octanol–water partition coefficient (Wildman–Crippen LogP) is 4.92. The monoisotopic (exact) mass is 397 g/mol. The second-order valence-electron chi connectivity index (χ2n) is 4.36. The summed E-state index contributed by atoms with van der Waals surface area (Å²) in [5.41, 5.74) is 2.31. The maximum atomic E-state index is 5.74. The van der Waals surface area contributed by atoms with Crippen molar-refractivity contribution in [1.29, 1.82) is 0 Å². The molecule has 0 aliphatic carbocycles. The Morgan fingerprint density at radius 2 is 1.85 bits per heavy atom. The highest BCUT2D eigenvalue weighted by Gasteiger charge is 2.19. The number of hydrogen-bond donors (Lipinski definition) is 1. The van der Waals surface area contributed by atoms with Crippen LogP contribution in [0.4, 0.5) is 0 Å². The van der Waals surface area contributed by atoms with Gasteiger partial charge in [0.2, 0.25) is 0 Å². The third-order valence-corrected chi connectivity index (χ3v) is 4.30. The average Bonchev–Trinajstić information content (AvgIpc) is 2.45. The molecule has 0 heterocycles. The molecule has 0 aliphatic heterocycles. The van der Waals surface area contributed by atoms with E-state index in [0.717, 1.165) is 20.3 Å². The van der Waals surface area contributed by atoms with Gasteiger partial charge in [0.05, 0.1) is 12.6 Å². The van der Waals surface area contributed by atoms with E-state index >= 15 is 0 Å². The molecule has 0 saturated carbocycles. The van der Waals surface area contributed by atoms with Gasteiger partial charge in [-0.15, -0.1) is 0 Å². The van der Waals surface area contributed by atoms with Crippen LogP contribution in [-0.2, 0) is 0 Å². The van der Waals surface area contributed by atoms with E-state index in [1.54, 1.807) is 0 Å². The van der Waals surface area contributed by atoms with Crippen LogP contribution < -0.4 is 10.1 Å². The van der Waals surface area contributed by atoms with E-state index in [-0.39, 0.29) is 6.04 Å². The van der Waals surface area contributed by atoms with E-state index in [2.05, 4.69) is 49.3 Å². The smallest absolute Gasteiger partial charge is 0.124 e. The van der Waals surface area contributed by atoms with E-state index in [1.807, 2.05) is 44.3 Å². The quantitative estimate of drug-likeness (QED) is 0.771. The highest BCUT2D eigenvalue weighted by molar-refractivity contribution is 9.11. The van der Waals surface area contributed by atoms with E-state index in [9.17, 15) is 0 Å². The lowest BCUT2D eigenvalue weighted by atomic mass is 9.98. The first-order valence-electron chi connectivity index (χ1n) is 6.51. The first-order chi connectivity index (χ1) is 9.67. The summed E-state index contributed by atoms with van der Waals surface area (Å²) >= 11 is 7.17. The molecular formula is C16H17Br2NO. The molecule has 2 aromatic carbocycles. The Morgan fingerprint density at radius 1 is 1.10 bits per heavy atom. The summed E-state index contributed by atoms with van der Waals surface area (Å²) in [5, 5.41) is 3.37. The largest absolute Gasteiger partial charge is 0.494 e. The van der Waals surface area contributed by atoms with Gasteiger partial charge >= 0.3 is 0 Å². The predicted molar refractivity (Wildman–Crippen MR) is 90.4 cm³/mol. The minimum absolute atomic E-state index is 0.0737. The fourth-order valence-electron chi connectivity index (χ4n) is 2.22.